The monoisotopic (exact) mass is 433 g/mol. The minimum Gasteiger partial charge on any atom is -0.494 e. The van der Waals surface area contributed by atoms with E-state index in [9.17, 15) is 4.79 Å². The summed E-state index contributed by atoms with van der Waals surface area (Å²) in [4.78, 5) is 12.5. The molecule has 0 saturated heterocycles. The van der Waals surface area contributed by atoms with Crippen molar-refractivity contribution < 1.29 is 14.3 Å². The molecule has 0 atom stereocenters. The van der Waals surface area contributed by atoms with Crippen LogP contribution in [0.5, 0.6) is 11.5 Å². The Labute approximate surface area is 170 Å². The molecule has 146 valence electrons. The summed E-state index contributed by atoms with van der Waals surface area (Å²) in [6.45, 7) is 7.83. The molecule has 0 heterocycles. The van der Waals surface area contributed by atoms with Gasteiger partial charge in [-0.2, -0.15) is 0 Å². The van der Waals surface area contributed by atoms with Gasteiger partial charge in [-0.15, -0.1) is 0 Å². The molecule has 1 amide bonds. The van der Waals surface area contributed by atoms with Crippen molar-refractivity contribution in [2.45, 2.75) is 40.0 Å². The van der Waals surface area contributed by atoms with Crippen molar-refractivity contribution in [3.05, 3.63) is 52.5 Å². The average Bonchev–Trinajstić information content (AvgIpc) is 2.64. The third kappa shape index (κ3) is 7.25. The summed E-state index contributed by atoms with van der Waals surface area (Å²) in [6, 6.07) is 12.8. The van der Waals surface area contributed by atoms with E-state index in [0.29, 0.717) is 24.7 Å². The van der Waals surface area contributed by atoms with Crippen LogP contribution in [0.2, 0.25) is 0 Å². The Morgan fingerprint density at radius 1 is 1.07 bits per heavy atom. The lowest BCUT2D eigenvalue weighted by atomic mass is 10.1. The normalized spacial score (nSPS) is 10.7. The summed E-state index contributed by atoms with van der Waals surface area (Å²) in [5.41, 5.74) is 1.30. The fourth-order valence-electron chi connectivity index (χ4n) is 2.34. The Morgan fingerprint density at radius 3 is 2.44 bits per heavy atom. The maximum Gasteiger partial charge on any atom is 0.255 e. The molecular weight excluding hydrogens is 406 g/mol. The second-order valence-corrected chi connectivity index (χ2v) is 7.71. The highest BCUT2D eigenvalue weighted by Crippen LogP contribution is 2.27. The molecular formula is C22H28BrNO3. The SMILES string of the molecule is CCCCOc1ccc(NC(=O)c2ccc(OCCC(C)C)c(Br)c2)cc1. The lowest BCUT2D eigenvalue weighted by Crippen LogP contribution is -2.12. The fourth-order valence-corrected chi connectivity index (χ4v) is 2.83. The predicted molar refractivity (Wildman–Crippen MR) is 114 cm³/mol. The van der Waals surface area contributed by atoms with Crippen molar-refractivity contribution in [3.63, 3.8) is 0 Å². The maximum atomic E-state index is 12.5. The molecule has 0 spiro atoms. The highest BCUT2D eigenvalue weighted by molar-refractivity contribution is 9.10. The quantitative estimate of drug-likeness (QED) is 0.446. The van der Waals surface area contributed by atoms with Gasteiger partial charge in [0.2, 0.25) is 0 Å². The molecule has 0 fully saturated rings. The molecule has 1 N–H and O–H groups in total. The number of hydrogen-bond donors (Lipinski definition) is 1. The number of benzene rings is 2. The van der Waals surface area contributed by atoms with Gasteiger partial charge in [-0.05, 0) is 77.2 Å². The molecule has 0 aromatic heterocycles. The molecule has 0 saturated carbocycles. The van der Waals surface area contributed by atoms with Crippen molar-refractivity contribution in [1.82, 2.24) is 0 Å². The van der Waals surface area contributed by atoms with E-state index in [4.69, 9.17) is 9.47 Å². The molecule has 0 unspecified atom stereocenters. The van der Waals surface area contributed by atoms with E-state index in [1.54, 1.807) is 12.1 Å². The van der Waals surface area contributed by atoms with Gasteiger partial charge < -0.3 is 14.8 Å². The van der Waals surface area contributed by atoms with Crippen LogP contribution in [0.15, 0.2) is 46.9 Å². The summed E-state index contributed by atoms with van der Waals surface area (Å²) in [6.07, 6.45) is 3.13. The van der Waals surface area contributed by atoms with Gasteiger partial charge in [-0.1, -0.05) is 27.2 Å². The summed E-state index contributed by atoms with van der Waals surface area (Å²) in [5.74, 6) is 1.99. The molecule has 0 bridgehead atoms. The van der Waals surface area contributed by atoms with E-state index in [0.717, 1.165) is 40.9 Å². The first kappa shape index (κ1) is 21.3. The smallest absolute Gasteiger partial charge is 0.255 e. The number of ether oxygens (including phenoxy) is 2. The molecule has 2 aromatic carbocycles. The van der Waals surface area contributed by atoms with Gasteiger partial charge in [0.1, 0.15) is 11.5 Å². The number of unbranched alkanes of at least 4 members (excludes halogenated alkanes) is 1. The number of hydrogen-bond acceptors (Lipinski definition) is 3. The van der Waals surface area contributed by atoms with Gasteiger partial charge in [0.15, 0.2) is 0 Å². The number of nitrogens with one attached hydrogen (secondary N) is 1. The Kier molecular flexibility index (Phi) is 8.65. The van der Waals surface area contributed by atoms with Crippen LogP contribution in [0, 0.1) is 5.92 Å². The van der Waals surface area contributed by atoms with Crippen LogP contribution >= 0.6 is 15.9 Å². The van der Waals surface area contributed by atoms with Gasteiger partial charge in [-0.3, -0.25) is 4.79 Å². The van der Waals surface area contributed by atoms with Gasteiger partial charge >= 0.3 is 0 Å². The first-order chi connectivity index (χ1) is 13.0. The fraction of sp³-hybridized carbons (Fsp3) is 0.409. The molecule has 2 rings (SSSR count). The van der Waals surface area contributed by atoms with Crippen molar-refractivity contribution in [2.24, 2.45) is 5.92 Å². The highest BCUT2D eigenvalue weighted by atomic mass is 79.9. The van der Waals surface area contributed by atoms with Gasteiger partial charge in [0.25, 0.3) is 5.91 Å². The number of halogens is 1. The van der Waals surface area contributed by atoms with Crippen LogP contribution in [0.25, 0.3) is 0 Å². The topological polar surface area (TPSA) is 47.6 Å². The Bertz CT molecular complexity index is 729. The minimum absolute atomic E-state index is 0.163. The standard InChI is InChI=1S/C22H28BrNO3/c1-4-5-13-26-19-9-7-18(8-10-19)24-22(25)17-6-11-21(20(23)15-17)27-14-12-16(2)3/h6-11,15-16H,4-5,12-14H2,1-3H3,(H,24,25). The van der Waals surface area contributed by atoms with E-state index in [-0.39, 0.29) is 5.91 Å². The Balaban J connectivity index is 1.92. The van der Waals surface area contributed by atoms with Crippen molar-refractivity contribution in [3.8, 4) is 11.5 Å². The number of amides is 1. The molecule has 2 aromatic rings. The third-order valence-electron chi connectivity index (χ3n) is 4.03. The number of carbonyl (C=O) groups is 1. The van der Waals surface area contributed by atoms with Crippen molar-refractivity contribution >= 4 is 27.5 Å². The number of anilines is 1. The van der Waals surface area contributed by atoms with Gasteiger partial charge in [0, 0.05) is 11.3 Å². The zero-order valence-corrected chi connectivity index (χ0v) is 17.8. The lowest BCUT2D eigenvalue weighted by molar-refractivity contribution is 0.102. The van der Waals surface area contributed by atoms with Crippen LogP contribution in [0.4, 0.5) is 5.69 Å². The minimum atomic E-state index is -0.163. The van der Waals surface area contributed by atoms with E-state index < -0.39 is 0 Å². The molecule has 0 radical (unpaired) electrons. The zero-order chi connectivity index (χ0) is 19.6. The number of rotatable bonds is 10. The van der Waals surface area contributed by atoms with Gasteiger partial charge in [-0.25, -0.2) is 0 Å². The van der Waals surface area contributed by atoms with Crippen LogP contribution in [-0.4, -0.2) is 19.1 Å². The molecule has 27 heavy (non-hydrogen) atoms. The lowest BCUT2D eigenvalue weighted by Gasteiger charge is -2.11. The first-order valence-electron chi connectivity index (χ1n) is 9.46. The molecule has 0 aliphatic rings. The van der Waals surface area contributed by atoms with E-state index in [2.05, 4.69) is 42.0 Å². The first-order valence-corrected chi connectivity index (χ1v) is 10.3. The third-order valence-corrected chi connectivity index (χ3v) is 4.65. The summed E-state index contributed by atoms with van der Waals surface area (Å²) in [5, 5.41) is 2.90. The Morgan fingerprint density at radius 2 is 1.81 bits per heavy atom. The molecule has 0 aliphatic carbocycles. The summed E-state index contributed by atoms with van der Waals surface area (Å²) < 4.78 is 12.2. The second kappa shape index (κ2) is 11.0. The number of carbonyl (C=O) groups excluding carboxylic acids is 1. The van der Waals surface area contributed by atoms with E-state index >= 15 is 0 Å². The van der Waals surface area contributed by atoms with E-state index in [1.807, 2.05) is 30.3 Å². The average molecular weight is 434 g/mol. The van der Waals surface area contributed by atoms with E-state index in [1.165, 1.54) is 0 Å². The van der Waals surface area contributed by atoms with Crippen LogP contribution in [-0.2, 0) is 0 Å². The molecule has 0 aliphatic heterocycles. The highest BCUT2D eigenvalue weighted by Gasteiger charge is 2.10. The zero-order valence-electron chi connectivity index (χ0n) is 16.3. The van der Waals surface area contributed by atoms with Crippen LogP contribution in [0.1, 0.15) is 50.4 Å². The largest absolute Gasteiger partial charge is 0.494 e. The summed E-state index contributed by atoms with van der Waals surface area (Å²) in [7, 11) is 0. The molecule has 4 nitrogen and oxygen atoms in total. The molecule has 5 heteroatoms. The van der Waals surface area contributed by atoms with Crippen LogP contribution in [0.3, 0.4) is 0 Å². The van der Waals surface area contributed by atoms with Crippen molar-refractivity contribution in [1.29, 1.82) is 0 Å². The summed E-state index contributed by atoms with van der Waals surface area (Å²) >= 11 is 3.49. The van der Waals surface area contributed by atoms with Gasteiger partial charge in [0.05, 0.1) is 17.7 Å². The Hall–Kier alpha value is -2.01. The van der Waals surface area contributed by atoms with Crippen LogP contribution < -0.4 is 14.8 Å². The predicted octanol–water partition coefficient (Wildman–Crippen LogP) is 6.31. The van der Waals surface area contributed by atoms with Crippen molar-refractivity contribution in [2.75, 3.05) is 18.5 Å². The second-order valence-electron chi connectivity index (χ2n) is 6.86. The maximum absolute atomic E-state index is 12.5.